The van der Waals surface area contributed by atoms with Gasteiger partial charge in [0.25, 0.3) is 0 Å². The van der Waals surface area contributed by atoms with E-state index in [2.05, 4.69) is 4.72 Å². The fourth-order valence-corrected chi connectivity index (χ4v) is 2.83. The summed E-state index contributed by atoms with van der Waals surface area (Å²) in [6, 6.07) is 10.0. The Bertz CT molecular complexity index is 597. The minimum atomic E-state index is -4.39. The average Bonchev–Trinajstić information content (AvgIpc) is 2.34. The van der Waals surface area contributed by atoms with Crippen molar-refractivity contribution in [3.63, 3.8) is 0 Å². The number of nitrogens with one attached hydrogen (secondary N) is 1. The molecule has 0 spiro atoms. The third-order valence-corrected chi connectivity index (χ3v) is 3.68. The fraction of sp³-hybridized carbons (Fsp3) is 0.0769. The SMILES string of the molecule is FC(F)(F)c1ccccc1SNc1cc(Cl)cc(Cl)c1. The van der Waals surface area contributed by atoms with Crippen molar-refractivity contribution in [3.8, 4) is 0 Å². The molecular formula is C13H8Cl2F3NS. The van der Waals surface area contributed by atoms with E-state index in [4.69, 9.17) is 23.2 Å². The molecule has 2 aromatic carbocycles. The lowest BCUT2D eigenvalue weighted by Gasteiger charge is -2.13. The van der Waals surface area contributed by atoms with Crippen molar-refractivity contribution in [2.45, 2.75) is 11.1 Å². The van der Waals surface area contributed by atoms with Crippen LogP contribution in [0, 0.1) is 0 Å². The smallest absolute Gasteiger partial charge is 0.326 e. The third-order valence-electron chi connectivity index (χ3n) is 2.33. The van der Waals surface area contributed by atoms with Crippen molar-refractivity contribution in [3.05, 3.63) is 58.1 Å². The van der Waals surface area contributed by atoms with Crippen molar-refractivity contribution in [2.75, 3.05) is 4.72 Å². The van der Waals surface area contributed by atoms with Crippen LogP contribution in [0.2, 0.25) is 10.0 Å². The fourth-order valence-electron chi connectivity index (χ4n) is 1.52. The molecule has 0 heterocycles. The van der Waals surface area contributed by atoms with Crippen LogP contribution in [0.15, 0.2) is 47.4 Å². The van der Waals surface area contributed by atoms with E-state index >= 15 is 0 Å². The summed E-state index contributed by atoms with van der Waals surface area (Å²) >= 11 is 12.5. The first-order valence-corrected chi connectivity index (χ1v) is 6.98. The molecule has 0 unspecified atom stereocenters. The molecule has 0 aliphatic rings. The molecule has 1 N–H and O–H groups in total. The number of alkyl halides is 3. The van der Waals surface area contributed by atoms with Crippen LogP contribution in [0.5, 0.6) is 0 Å². The van der Waals surface area contributed by atoms with E-state index in [9.17, 15) is 13.2 Å². The number of halogens is 5. The highest BCUT2D eigenvalue weighted by molar-refractivity contribution is 8.00. The van der Waals surface area contributed by atoms with Gasteiger partial charge < -0.3 is 4.72 Å². The van der Waals surface area contributed by atoms with Crippen LogP contribution in [-0.2, 0) is 6.18 Å². The Morgan fingerprint density at radius 3 is 2.15 bits per heavy atom. The van der Waals surface area contributed by atoms with Crippen LogP contribution in [0.1, 0.15) is 5.56 Å². The molecule has 106 valence electrons. The average molecular weight is 338 g/mol. The van der Waals surface area contributed by atoms with Crippen LogP contribution in [-0.4, -0.2) is 0 Å². The van der Waals surface area contributed by atoms with Gasteiger partial charge in [0, 0.05) is 20.6 Å². The zero-order valence-electron chi connectivity index (χ0n) is 9.84. The van der Waals surface area contributed by atoms with Crippen LogP contribution in [0.4, 0.5) is 18.9 Å². The Morgan fingerprint density at radius 2 is 1.55 bits per heavy atom. The van der Waals surface area contributed by atoms with Gasteiger partial charge in [0.05, 0.1) is 5.56 Å². The van der Waals surface area contributed by atoms with Gasteiger partial charge in [0.15, 0.2) is 0 Å². The Morgan fingerprint density at radius 1 is 0.950 bits per heavy atom. The molecule has 20 heavy (non-hydrogen) atoms. The lowest BCUT2D eigenvalue weighted by atomic mass is 10.2. The maximum absolute atomic E-state index is 12.8. The second-order valence-electron chi connectivity index (χ2n) is 3.86. The number of rotatable bonds is 3. The second kappa shape index (κ2) is 6.16. The topological polar surface area (TPSA) is 12.0 Å². The molecule has 1 nitrogen and oxygen atoms in total. The van der Waals surface area contributed by atoms with Gasteiger partial charge in [-0.1, -0.05) is 35.3 Å². The van der Waals surface area contributed by atoms with Crippen molar-refractivity contribution in [1.82, 2.24) is 0 Å². The van der Waals surface area contributed by atoms with E-state index in [-0.39, 0.29) is 4.90 Å². The molecule has 0 saturated heterocycles. The maximum Gasteiger partial charge on any atom is 0.417 e. The molecule has 0 aromatic heterocycles. The molecule has 0 amide bonds. The van der Waals surface area contributed by atoms with E-state index in [1.807, 2.05) is 0 Å². The highest BCUT2D eigenvalue weighted by atomic mass is 35.5. The lowest BCUT2D eigenvalue weighted by molar-refractivity contribution is -0.139. The molecular weight excluding hydrogens is 330 g/mol. The summed E-state index contributed by atoms with van der Waals surface area (Å²) in [5.41, 5.74) is -0.157. The van der Waals surface area contributed by atoms with Gasteiger partial charge in [0.2, 0.25) is 0 Å². The molecule has 0 saturated carbocycles. The van der Waals surface area contributed by atoms with Crippen LogP contribution in [0.25, 0.3) is 0 Å². The normalized spacial score (nSPS) is 11.4. The zero-order valence-corrected chi connectivity index (χ0v) is 12.2. The number of benzene rings is 2. The highest BCUT2D eigenvalue weighted by Gasteiger charge is 2.33. The van der Waals surface area contributed by atoms with Gasteiger partial charge in [-0.3, -0.25) is 0 Å². The molecule has 2 aromatic rings. The minimum absolute atomic E-state index is 0.0797. The van der Waals surface area contributed by atoms with Gasteiger partial charge in [-0.05, 0) is 42.3 Å². The van der Waals surface area contributed by atoms with Gasteiger partial charge in [-0.25, -0.2) is 0 Å². The zero-order chi connectivity index (χ0) is 14.8. The molecule has 0 atom stereocenters. The molecule has 0 aliphatic heterocycles. The summed E-state index contributed by atoms with van der Waals surface area (Å²) in [4.78, 5) is 0.0797. The lowest BCUT2D eigenvalue weighted by Crippen LogP contribution is -2.07. The van der Waals surface area contributed by atoms with Gasteiger partial charge in [-0.2, -0.15) is 13.2 Å². The van der Waals surface area contributed by atoms with E-state index in [0.717, 1.165) is 18.0 Å². The quantitative estimate of drug-likeness (QED) is 0.676. The molecule has 0 fully saturated rings. The van der Waals surface area contributed by atoms with E-state index in [0.29, 0.717) is 15.7 Å². The predicted molar refractivity (Wildman–Crippen MR) is 77.4 cm³/mol. The molecule has 0 aliphatic carbocycles. The molecule has 2 rings (SSSR count). The first-order chi connectivity index (χ1) is 9.36. The monoisotopic (exact) mass is 337 g/mol. The van der Waals surface area contributed by atoms with Crippen LogP contribution >= 0.6 is 35.1 Å². The van der Waals surface area contributed by atoms with E-state index < -0.39 is 11.7 Å². The summed E-state index contributed by atoms with van der Waals surface area (Å²) in [5, 5.41) is 0.814. The maximum atomic E-state index is 12.8. The number of hydrogen-bond donors (Lipinski definition) is 1. The van der Waals surface area contributed by atoms with Crippen molar-refractivity contribution >= 4 is 40.8 Å². The van der Waals surface area contributed by atoms with Crippen LogP contribution in [0.3, 0.4) is 0 Å². The molecule has 7 heteroatoms. The largest absolute Gasteiger partial charge is 0.417 e. The van der Waals surface area contributed by atoms with Gasteiger partial charge in [0.1, 0.15) is 0 Å². The van der Waals surface area contributed by atoms with E-state index in [1.165, 1.54) is 12.1 Å². The Kier molecular flexibility index (Phi) is 4.73. The van der Waals surface area contributed by atoms with Crippen LogP contribution < -0.4 is 4.72 Å². The van der Waals surface area contributed by atoms with Crippen molar-refractivity contribution < 1.29 is 13.2 Å². The highest BCUT2D eigenvalue weighted by Crippen LogP contribution is 2.37. The van der Waals surface area contributed by atoms with E-state index in [1.54, 1.807) is 24.3 Å². The summed E-state index contributed by atoms with van der Waals surface area (Å²) in [7, 11) is 0. The number of anilines is 1. The summed E-state index contributed by atoms with van der Waals surface area (Å²) in [5.74, 6) is 0. The van der Waals surface area contributed by atoms with Gasteiger partial charge >= 0.3 is 6.18 Å². The first kappa shape index (κ1) is 15.4. The van der Waals surface area contributed by atoms with Crippen molar-refractivity contribution in [2.24, 2.45) is 0 Å². The Hall–Kier alpha value is -1.04. The Labute approximate surface area is 128 Å². The predicted octanol–water partition coefficient (Wildman–Crippen LogP) is 6.13. The summed E-state index contributed by atoms with van der Waals surface area (Å²) in [6.45, 7) is 0. The minimum Gasteiger partial charge on any atom is -0.326 e. The summed E-state index contributed by atoms with van der Waals surface area (Å²) in [6.07, 6.45) is -4.39. The number of hydrogen-bond acceptors (Lipinski definition) is 2. The molecule has 0 bridgehead atoms. The van der Waals surface area contributed by atoms with Gasteiger partial charge in [-0.15, -0.1) is 0 Å². The second-order valence-corrected chi connectivity index (χ2v) is 5.58. The first-order valence-electron chi connectivity index (χ1n) is 5.41. The Balaban J connectivity index is 2.19. The standard InChI is InChI=1S/C13H8Cl2F3NS/c14-8-5-9(15)7-10(6-8)19-20-12-4-2-1-3-11(12)13(16,17)18/h1-7,19H. The third kappa shape index (κ3) is 3.98. The summed E-state index contributed by atoms with van der Waals surface area (Å²) < 4.78 is 41.3. The molecule has 0 radical (unpaired) electrons. The van der Waals surface area contributed by atoms with Crippen molar-refractivity contribution in [1.29, 1.82) is 0 Å².